The van der Waals surface area contributed by atoms with E-state index in [1.165, 1.54) is 149 Å². The number of fused-ring (bicyclic) bond motifs is 12. The molecular formula is C57H53BN2. The van der Waals surface area contributed by atoms with Crippen molar-refractivity contribution in [2.45, 2.75) is 84.5 Å². The van der Waals surface area contributed by atoms with Gasteiger partial charge in [0.15, 0.2) is 7.28 Å². The summed E-state index contributed by atoms with van der Waals surface area (Å²) in [6.45, 7) is 9.38. The number of nitrogens with one attached hydrogen (secondary N) is 1. The lowest BCUT2D eigenvalue weighted by atomic mass is 9.58. The summed E-state index contributed by atoms with van der Waals surface area (Å²) >= 11 is 0. The molecule has 0 saturated heterocycles. The summed E-state index contributed by atoms with van der Waals surface area (Å²) < 4.78 is 2.66. The van der Waals surface area contributed by atoms with E-state index in [4.69, 9.17) is 0 Å². The molecule has 9 aromatic rings. The maximum atomic E-state index is 4.06. The first-order chi connectivity index (χ1) is 29.4. The van der Waals surface area contributed by atoms with E-state index in [2.05, 4.69) is 177 Å². The second kappa shape index (κ2) is 14.6. The molecule has 0 atom stereocenters. The van der Waals surface area contributed by atoms with Gasteiger partial charge in [0.05, 0.1) is 5.52 Å². The van der Waals surface area contributed by atoms with Gasteiger partial charge in [-0.1, -0.05) is 168 Å². The molecule has 0 saturated carbocycles. The summed E-state index contributed by atoms with van der Waals surface area (Å²) in [5.41, 5.74) is 20.0. The van der Waals surface area contributed by atoms with Crippen molar-refractivity contribution in [2.24, 2.45) is 0 Å². The van der Waals surface area contributed by atoms with Crippen LogP contribution in [0.3, 0.4) is 0 Å². The van der Waals surface area contributed by atoms with Gasteiger partial charge in [-0.25, -0.2) is 0 Å². The fraction of sp³-hybridized carbons (Fsp3) is 0.228. The Kier molecular flexibility index (Phi) is 8.99. The van der Waals surface area contributed by atoms with Crippen molar-refractivity contribution in [3.8, 4) is 27.9 Å². The van der Waals surface area contributed by atoms with E-state index in [0.29, 0.717) is 0 Å². The Hall–Kier alpha value is -6.06. The molecule has 0 fully saturated rings. The Labute approximate surface area is 355 Å². The lowest BCUT2D eigenvalue weighted by Crippen LogP contribution is -2.37. The van der Waals surface area contributed by atoms with Crippen LogP contribution in [0.2, 0.25) is 0 Å². The SMILES string of the molecule is CCCCCc1ccc(Nc2cc3c(cc2-c2c4c5c(c6ccccc26)c2ccc6ccccc6c2n5-c2ccc(CCCCC)cc2B4)-c2ccccc2C3(C)C)cc1. The summed E-state index contributed by atoms with van der Waals surface area (Å²) in [4.78, 5) is 0. The van der Waals surface area contributed by atoms with E-state index in [-0.39, 0.29) is 5.41 Å². The fourth-order valence-electron chi connectivity index (χ4n) is 11.0. The van der Waals surface area contributed by atoms with Gasteiger partial charge >= 0.3 is 0 Å². The zero-order valence-corrected chi connectivity index (χ0v) is 35.6. The molecular weight excluding hydrogens is 723 g/mol. The molecule has 1 aromatic heterocycles. The summed E-state index contributed by atoms with van der Waals surface area (Å²) in [5.74, 6) is 0. The molecule has 2 aliphatic rings. The minimum atomic E-state index is -0.120. The summed E-state index contributed by atoms with van der Waals surface area (Å²) in [7, 11) is 0.882. The third-order valence-corrected chi connectivity index (χ3v) is 14.0. The lowest BCUT2D eigenvalue weighted by molar-refractivity contribution is 0.660. The minimum Gasteiger partial charge on any atom is -0.355 e. The Morgan fingerprint density at radius 1 is 0.550 bits per heavy atom. The summed E-state index contributed by atoms with van der Waals surface area (Å²) in [5, 5.41) is 12.0. The van der Waals surface area contributed by atoms with E-state index in [0.717, 1.165) is 25.8 Å². The van der Waals surface area contributed by atoms with Crippen molar-refractivity contribution in [2.75, 3.05) is 5.32 Å². The molecule has 3 heteroatoms. The van der Waals surface area contributed by atoms with E-state index in [9.17, 15) is 0 Å². The average molecular weight is 777 g/mol. The van der Waals surface area contributed by atoms with Crippen LogP contribution < -0.4 is 16.2 Å². The molecule has 1 aliphatic carbocycles. The second-order valence-corrected chi connectivity index (χ2v) is 18.1. The first-order valence-electron chi connectivity index (χ1n) is 22.6. The first-order valence-corrected chi connectivity index (χ1v) is 22.6. The molecule has 0 amide bonds. The number of rotatable bonds is 11. The van der Waals surface area contributed by atoms with Crippen molar-refractivity contribution < 1.29 is 0 Å². The molecule has 8 aromatic carbocycles. The van der Waals surface area contributed by atoms with Gasteiger partial charge in [0.25, 0.3) is 0 Å². The number of aromatic nitrogens is 1. The van der Waals surface area contributed by atoms with Gasteiger partial charge in [-0.05, 0) is 117 Å². The normalized spacial score (nSPS) is 13.5. The zero-order valence-electron chi connectivity index (χ0n) is 35.6. The molecule has 0 unspecified atom stereocenters. The van der Waals surface area contributed by atoms with Gasteiger partial charge in [-0.3, -0.25) is 0 Å². The van der Waals surface area contributed by atoms with Crippen LogP contribution in [0.1, 0.15) is 88.5 Å². The van der Waals surface area contributed by atoms with Crippen LogP contribution in [0, 0.1) is 0 Å². The number of aryl methyl sites for hydroxylation is 2. The monoisotopic (exact) mass is 776 g/mol. The number of hydrogen-bond acceptors (Lipinski definition) is 1. The van der Waals surface area contributed by atoms with Crippen LogP contribution >= 0.6 is 0 Å². The Balaban J connectivity index is 1.22. The molecule has 0 bridgehead atoms. The van der Waals surface area contributed by atoms with Gasteiger partial charge in [-0.2, -0.15) is 0 Å². The third-order valence-electron chi connectivity index (χ3n) is 14.0. The highest BCUT2D eigenvalue weighted by Crippen LogP contribution is 2.53. The number of benzene rings is 8. The van der Waals surface area contributed by atoms with Crippen LogP contribution in [0.15, 0.2) is 140 Å². The van der Waals surface area contributed by atoms with E-state index in [1.54, 1.807) is 0 Å². The van der Waals surface area contributed by atoms with Gasteiger partial charge in [0, 0.05) is 49.7 Å². The molecule has 2 heterocycles. The van der Waals surface area contributed by atoms with Gasteiger partial charge in [0.2, 0.25) is 0 Å². The standard InChI is InChI=1S/C57H53BN2/c1-5-7-9-17-36-25-29-39(30-26-36)59-50-35-48-45(41-21-15-16-24-47(41)57(48,3)4)34-46(50)52-42-22-13-14-23-43(42)53-44-31-28-38-19-11-12-20-40(38)55(44)60-51-32-27-37(18-10-8-6-2)33-49(51)58-54(52)56(53)60/h11-16,19-35,58-59H,5-10,17-18H2,1-4H3. The predicted molar refractivity (Wildman–Crippen MR) is 261 cm³/mol. The summed E-state index contributed by atoms with van der Waals surface area (Å²) in [6.07, 6.45) is 9.73. The molecule has 60 heavy (non-hydrogen) atoms. The highest BCUT2D eigenvalue weighted by molar-refractivity contribution is 6.74. The van der Waals surface area contributed by atoms with Gasteiger partial charge in [0.1, 0.15) is 0 Å². The van der Waals surface area contributed by atoms with E-state index in [1.807, 2.05) is 0 Å². The maximum absolute atomic E-state index is 4.06. The zero-order chi connectivity index (χ0) is 40.5. The highest BCUT2D eigenvalue weighted by Gasteiger charge is 2.37. The predicted octanol–water partition coefficient (Wildman–Crippen LogP) is 14.0. The molecule has 1 aliphatic heterocycles. The average Bonchev–Trinajstić information content (AvgIpc) is 3.74. The van der Waals surface area contributed by atoms with E-state index < -0.39 is 0 Å². The molecule has 2 nitrogen and oxygen atoms in total. The molecule has 1 N–H and O–H groups in total. The molecule has 294 valence electrons. The largest absolute Gasteiger partial charge is 0.355 e. The van der Waals surface area contributed by atoms with Crippen molar-refractivity contribution in [1.29, 1.82) is 0 Å². The van der Waals surface area contributed by atoms with Gasteiger partial charge in [-0.15, -0.1) is 0 Å². The van der Waals surface area contributed by atoms with Crippen LogP contribution in [-0.2, 0) is 18.3 Å². The van der Waals surface area contributed by atoms with Gasteiger partial charge < -0.3 is 9.88 Å². The molecule has 11 rings (SSSR count). The van der Waals surface area contributed by atoms with E-state index >= 15 is 0 Å². The van der Waals surface area contributed by atoms with Crippen molar-refractivity contribution in [3.63, 3.8) is 0 Å². The quantitative estimate of drug-likeness (QED) is 0.102. The van der Waals surface area contributed by atoms with Crippen LogP contribution in [-0.4, -0.2) is 11.8 Å². The molecule has 0 radical (unpaired) electrons. The lowest BCUT2D eigenvalue weighted by Gasteiger charge is -2.27. The third kappa shape index (κ3) is 5.76. The summed E-state index contributed by atoms with van der Waals surface area (Å²) in [6, 6.07) is 53.7. The van der Waals surface area contributed by atoms with Crippen LogP contribution in [0.4, 0.5) is 11.4 Å². The van der Waals surface area contributed by atoms with Crippen molar-refractivity contribution in [3.05, 3.63) is 162 Å². The number of anilines is 2. The highest BCUT2D eigenvalue weighted by atomic mass is 15.0. The van der Waals surface area contributed by atoms with Crippen LogP contribution in [0.5, 0.6) is 0 Å². The first kappa shape index (κ1) is 37.0. The number of nitrogens with zero attached hydrogens (tertiary/aromatic N) is 1. The topological polar surface area (TPSA) is 17.0 Å². The molecule has 0 spiro atoms. The number of hydrogen-bond donors (Lipinski definition) is 1. The van der Waals surface area contributed by atoms with Crippen LogP contribution in [0.25, 0.3) is 71.3 Å². The maximum Gasteiger partial charge on any atom is 0.198 e. The van der Waals surface area contributed by atoms with Crippen molar-refractivity contribution in [1.82, 2.24) is 4.57 Å². The Morgan fingerprint density at radius 3 is 2.05 bits per heavy atom. The fourth-order valence-corrected chi connectivity index (χ4v) is 11.0. The minimum absolute atomic E-state index is 0.120. The Morgan fingerprint density at radius 2 is 1.25 bits per heavy atom. The smallest absolute Gasteiger partial charge is 0.198 e. The number of unbranched alkanes of at least 4 members (excludes halogenated alkanes) is 4. The van der Waals surface area contributed by atoms with Crippen molar-refractivity contribution >= 4 is 72.9 Å². The Bertz CT molecular complexity index is 3150. The second-order valence-electron chi connectivity index (χ2n) is 18.1.